The van der Waals surface area contributed by atoms with Crippen LogP contribution in [0.15, 0.2) is 30.3 Å². The van der Waals surface area contributed by atoms with Gasteiger partial charge in [-0.05, 0) is 19.4 Å². The van der Waals surface area contributed by atoms with Crippen LogP contribution in [0.5, 0.6) is 0 Å². The van der Waals surface area contributed by atoms with Gasteiger partial charge in [0.25, 0.3) is 0 Å². The highest BCUT2D eigenvalue weighted by Crippen LogP contribution is 2.25. The van der Waals surface area contributed by atoms with Gasteiger partial charge in [0, 0.05) is 24.5 Å². The molecule has 2 N–H and O–H groups in total. The number of hydrogen-bond acceptors (Lipinski definition) is 3. The van der Waals surface area contributed by atoms with Crippen molar-refractivity contribution in [2.24, 2.45) is 0 Å². The fourth-order valence-electron chi connectivity index (χ4n) is 2.17. The Kier molecular flexibility index (Phi) is 5.79. The van der Waals surface area contributed by atoms with Gasteiger partial charge < -0.3 is 10.2 Å². The maximum absolute atomic E-state index is 9.75. The van der Waals surface area contributed by atoms with Crippen LogP contribution in [0.3, 0.4) is 0 Å². The van der Waals surface area contributed by atoms with E-state index in [1.54, 1.807) is 0 Å². The molecule has 0 aliphatic heterocycles. The van der Waals surface area contributed by atoms with Crippen LogP contribution in [-0.2, 0) is 5.41 Å². The summed E-state index contributed by atoms with van der Waals surface area (Å²) in [5.74, 6) is 0. The second-order valence-corrected chi connectivity index (χ2v) is 5.37. The predicted molar refractivity (Wildman–Crippen MR) is 74.7 cm³/mol. The molecule has 0 radical (unpaired) electrons. The highest BCUT2D eigenvalue weighted by molar-refractivity contribution is 5.25. The third kappa shape index (κ3) is 3.80. The number of aliphatic hydroxyl groups is 2. The first kappa shape index (κ1) is 15.2. The molecule has 0 aliphatic rings. The van der Waals surface area contributed by atoms with Crippen LogP contribution in [0.4, 0.5) is 0 Å². The van der Waals surface area contributed by atoms with Crippen molar-refractivity contribution < 1.29 is 10.2 Å². The normalized spacial score (nSPS) is 15.1. The standard InChI is InChI=1S/C15H25NO2/c1-13(2)16(9-10-17)11-15(3,12-18)14-7-5-4-6-8-14/h4-8,13,17-18H,9-12H2,1-3H3. The molecule has 1 rings (SSSR count). The average molecular weight is 251 g/mol. The number of rotatable bonds is 7. The van der Waals surface area contributed by atoms with Crippen LogP contribution in [0.2, 0.25) is 0 Å². The molecule has 0 saturated heterocycles. The maximum atomic E-state index is 9.75. The fourth-order valence-corrected chi connectivity index (χ4v) is 2.17. The van der Waals surface area contributed by atoms with Crippen LogP contribution in [0, 0.1) is 0 Å². The van der Waals surface area contributed by atoms with Crippen molar-refractivity contribution in [2.75, 3.05) is 26.3 Å². The molecule has 1 aromatic rings. The Balaban J connectivity index is 2.88. The first-order valence-electron chi connectivity index (χ1n) is 6.55. The molecule has 0 heterocycles. The molecule has 0 bridgehead atoms. The third-order valence-electron chi connectivity index (χ3n) is 3.49. The van der Waals surface area contributed by atoms with E-state index in [0.717, 1.165) is 12.1 Å². The minimum absolute atomic E-state index is 0.103. The Morgan fingerprint density at radius 3 is 2.22 bits per heavy atom. The summed E-state index contributed by atoms with van der Waals surface area (Å²) in [5.41, 5.74) is 0.844. The molecule has 1 aromatic carbocycles. The van der Waals surface area contributed by atoms with E-state index in [1.165, 1.54) is 0 Å². The minimum atomic E-state index is -0.291. The molecule has 0 spiro atoms. The van der Waals surface area contributed by atoms with Gasteiger partial charge in [0.15, 0.2) is 0 Å². The highest BCUT2D eigenvalue weighted by Gasteiger charge is 2.29. The lowest BCUT2D eigenvalue weighted by Crippen LogP contribution is -2.45. The lowest BCUT2D eigenvalue weighted by Gasteiger charge is -2.36. The topological polar surface area (TPSA) is 43.7 Å². The molecule has 0 saturated carbocycles. The van der Waals surface area contributed by atoms with Crippen molar-refractivity contribution >= 4 is 0 Å². The van der Waals surface area contributed by atoms with Gasteiger partial charge in [-0.15, -0.1) is 0 Å². The van der Waals surface area contributed by atoms with E-state index in [2.05, 4.69) is 25.7 Å². The zero-order valence-corrected chi connectivity index (χ0v) is 11.6. The summed E-state index contributed by atoms with van der Waals surface area (Å²) < 4.78 is 0. The maximum Gasteiger partial charge on any atom is 0.0558 e. The molecule has 1 atom stereocenters. The van der Waals surface area contributed by atoms with Crippen molar-refractivity contribution in [3.63, 3.8) is 0 Å². The average Bonchev–Trinajstić information content (AvgIpc) is 2.39. The number of hydrogen-bond donors (Lipinski definition) is 2. The molecule has 3 nitrogen and oxygen atoms in total. The summed E-state index contributed by atoms with van der Waals surface area (Å²) in [4.78, 5) is 2.20. The minimum Gasteiger partial charge on any atom is -0.395 e. The SMILES string of the molecule is CC(C)N(CCO)CC(C)(CO)c1ccccc1. The van der Waals surface area contributed by atoms with Gasteiger partial charge in [-0.3, -0.25) is 4.90 Å². The van der Waals surface area contributed by atoms with Gasteiger partial charge in [-0.2, -0.15) is 0 Å². The Bertz CT molecular complexity index is 340. The Hall–Kier alpha value is -0.900. The van der Waals surface area contributed by atoms with Gasteiger partial charge in [-0.1, -0.05) is 37.3 Å². The molecular formula is C15H25NO2. The van der Waals surface area contributed by atoms with Crippen LogP contribution < -0.4 is 0 Å². The smallest absolute Gasteiger partial charge is 0.0558 e. The van der Waals surface area contributed by atoms with Gasteiger partial charge in [0.1, 0.15) is 0 Å². The molecule has 0 fully saturated rings. The van der Waals surface area contributed by atoms with Crippen molar-refractivity contribution in [1.29, 1.82) is 0 Å². The fraction of sp³-hybridized carbons (Fsp3) is 0.600. The Morgan fingerprint density at radius 1 is 1.17 bits per heavy atom. The van der Waals surface area contributed by atoms with Gasteiger partial charge in [0.05, 0.1) is 13.2 Å². The van der Waals surface area contributed by atoms with E-state index in [0.29, 0.717) is 12.6 Å². The summed E-state index contributed by atoms with van der Waals surface area (Å²) >= 11 is 0. The molecule has 3 heteroatoms. The largest absolute Gasteiger partial charge is 0.395 e. The Labute approximate surface area is 110 Å². The van der Waals surface area contributed by atoms with Crippen molar-refractivity contribution in [3.8, 4) is 0 Å². The van der Waals surface area contributed by atoms with E-state index in [1.807, 2.05) is 30.3 Å². The van der Waals surface area contributed by atoms with Crippen molar-refractivity contribution in [1.82, 2.24) is 4.90 Å². The number of nitrogens with zero attached hydrogens (tertiary/aromatic N) is 1. The zero-order valence-electron chi connectivity index (χ0n) is 11.6. The lowest BCUT2D eigenvalue weighted by molar-refractivity contribution is 0.105. The van der Waals surface area contributed by atoms with Gasteiger partial charge in [-0.25, -0.2) is 0 Å². The van der Waals surface area contributed by atoms with E-state index in [9.17, 15) is 5.11 Å². The summed E-state index contributed by atoms with van der Waals surface area (Å²) in [7, 11) is 0. The molecule has 1 unspecified atom stereocenters. The summed E-state index contributed by atoms with van der Waals surface area (Å²) in [6, 6.07) is 10.4. The quantitative estimate of drug-likeness (QED) is 0.774. The Morgan fingerprint density at radius 2 is 1.78 bits per heavy atom. The van der Waals surface area contributed by atoms with Crippen LogP contribution >= 0.6 is 0 Å². The van der Waals surface area contributed by atoms with Crippen molar-refractivity contribution in [2.45, 2.75) is 32.2 Å². The second-order valence-electron chi connectivity index (χ2n) is 5.37. The zero-order chi connectivity index (χ0) is 13.6. The van der Waals surface area contributed by atoms with E-state index >= 15 is 0 Å². The summed E-state index contributed by atoms with van der Waals surface area (Å²) in [6.45, 7) is 7.91. The summed E-state index contributed by atoms with van der Waals surface area (Å²) in [6.07, 6.45) is 0. The van der Waals surface area contributed by atoms with Gasteiger partial charge >= 0.3 is 0 Å². The molecule has 0 aliphatic carbocycles. The first-order chi connectivity index (χ1) is 8.53. The number of aliphatic hydroxyl groups excluding tert-OH is 2. The van der Waals surface area contributed by atoms with Crippen LogP contribution in [0.25, 0.3) is 0 Å². The van der Waals surface area contributed by atoms with E-state index < -0.39 is 0 Å². The molecule has 102 valence electrons. The van der Waals surface area contributed by atoms with E-state index in [-0.39, 0.29) is 18.6 Å². The third-order valence-corrected chi connectivity index (χ3v) is 3.49. The first-order valence-corrected chi connectivity index (χ1v) is 6.55. The second kappa shape index (κ2) is 6.88. The molecular weight excluding hydrogens is 226 g/mol. The van der Waals surface area contributed by atoms with E-state index in [4.69, 9.17) is 5.11 Å². The highest BCUT2D eigenvalue weighted by atomic mass is 16.3. The molecule has 18 heavy (non-hydrogen) atoms. The molecule has 0 aromatic heterocycles. The number of benzene rings is 1. The van der Waals surface area contributed by atoms with Gasteiger partial charge in [0.2, 0.25) is 0 Å². The monoisotopic (exact) mass is 251 g/mol. The predicted octanol–water partition coefficient (Wildman–Crippen LogP) is 1.64. The summed E-state index contributed by atoms with van der Waals surface area (Å²) in [5, 5.41) is 18.9. The van der Waals surface area contributed by atoms with Crippen molar-refractivity contribution in [3.05, 3.63) is 35.9 Å². The lowest BCUT2D eigenvalue weighted by atomic mass is 9.82. The van der Waals surface area contributed by atoms with Crippen LogP contribution in [-0.4, -0.2) is 47.5 Å². The molecule has 0 amide bonds. The van der Waals surface area contributed by atoms with Crippen LogP contribution in [0.1, 0.15) is 26.3 Å².